The molecule has 1 fully saturated rings. The van der Waals surface area contributed by atoms with Crippen LogP contribution in [0.2, 0.25) is 0 Å². The first-order valence-corrected chi connectivity index (χ1v) is 8.84. The maximum atomic E-state index is 12.1. The van der Waals surface area contributed by atoms with Crippen molar-refractivity contribution in [2.75, 3.05) is 40.1 Å². The number of hydrogen-bond donors (Lipinski definition) is 1. The minimum absolute atomic E-state index is 0.0458. The molecule has 25 heavy (non-hydrogen) atoms. The van der Waals surface area contributed by atoms with Crippen molar-refractivity contribution in [2.24, 2.45) is 0 Å². The van der Waals surface area contributed by atoms with Crippen LogP contribution in [0.1, 0.15) is 24.8 Å². The van der Waals surface area contributed by atoms with E-state index < -0.39 is 0 Å². The van der Waals surface area contributed by atoms with Gasteiger partial charge in [-0.2, -0.15) is 0 Å². The topological polar surface area (TPSA) is 60.0 Å². The highest BCUT2D eigenvalue weighted by atomic mass is 16.7. The fourth-order valence-corrected chi connectivity index (χ4v) is 3.17. The average molecular weight is 346 g/mol. The van der Waals surface area contributed by atoms with Crippen molar-refractivity contribution in [3.8, 4) is 11.5 Å². The van der Waals surface area contributed by atoms with Crippen molar-refractivity contribution in [2.45, 2.75) is 25.3 Å². The molecular formula is C19H26N2O4. The Morgan fingerprint density at radius 1 is 1.32 bits per heavy atom. The second kappa shape index (κ2) is 8.87. The molecule has 0 saturated carbocycles. The summed E-state index contributed by atoms with van der Waals surface area (Å²) in [5, 5.41) is 3.10. The third-order valence-electron chi connectivity index (χ3n) is 4.58. The van der Waals surface area contributed by atoms with E-state index in [0.717, 1.165) is 62.6 Å². The van der Waals surface area contributed by atoms with Gasteiger partial charge in [-0.05, 0) is 43.0 Å². The number of nitrogens with zero attached hydrogens (tertiary/aromatic N) is 1. The molecule has 6 nitrogen and oxygen atoms in total. The van der Waals surface area contributed by atoms with Crippen LogP contribution in [0.25, 0.3) is 6.08 Å². The number of fused-ring (bicyclic) bond motifs is 1. The number of likely N-dealkylation sites (tertiary alicyclic amines) is 1. The van der Waals surface area contributed by atoms with Crippen LogP contribution < -0.4 is 14.8 Å². The lowest BCUT2D eigenvalue weighted by Gasteiger charge is -2.32. The monoisotopic (exact) mass is 346 g/mol. The minimum Gasteiger partial charge on any atom is -0.454 e. The fraction of sp³-hybridized carbons (Fsp3) is 0.526. The third-order valence-corrected chi connectivity index (χ3v) is 4.58. The Hall–Kier alpha value is -2.05. The van der Waals surface area contributed by atoms with Gasteiger partial charge in [0.05, 0.1) is 0 Å². The Labute approximate surface area is 148 Å². The van der Waals surface area contributed by atoms with E-state index in [1.165, 1.54) is 0 Å². The fourth-order valence-electron chi connectivity index (χ4n) is 3.17. The number of benzene rings is 1. The van der Waals surface area contributed by atoms with E-state index in [9.17, 15) is 4.79 Å². The van der Waals surface area contributed by atoms with Gasteiger partial charge in [0.2, 0.25) is 12.7 Å². The molecule has 0 spiro atoms. The van der Waals surface area contributed by atoms with E-state index in [1.54, 1.807) is 19.3 Å². The largest absolute Gasteiger partial charge is 0.454 e. The molecule has 1 N–H and O–H groups in total. The SMILES string of the molecule is COCCCN1CCC(NC(=O)/C=C/c2ccc3c(c2)OCO3)CC1. The van der Waals surface area contributed by atoms with Gasteiger partial charge in [0.1, 0.15) is 0 Å². The molecule has 0 bridgehead atoms. The standard InChI is InChI=1S/C19H26N2O4/c1-23-12-2-9-21-10-7-16(8-11-21)20-19(22)6-4-15-3-5-17-18(13-15)25-14-24-17/h3-6,13,16H,2,7-12,14H2,1H3,(H,20,22)/b6-4+. The summed E-state index contributed by atoms with van der Waals surface area (Å²) in [4.78, 5) is 14.6. The Morgan fingerprint density at radius 2 is 2.12 bits per heavy atom. The number of nitrogens with one attached hydrogen (secondary N) is 1. The van der Waals surface area contributed by atoms with Crippen LogP contribution in [0.15, 0.2) is 24.3 Å². The molecule has 0 atom stereocenters. The average Bonchev–Trinajstić information content (AvgIpc) is 3.09. The summed E-state index contributed by atoms with van der Waals surface area (Å²) in [5.74, 6) is 1.43. The van der Waals surface area contributed by atoms with Crippen LogP contribution in [0.4, 0.5) is 0 Å². The highest BCUT2D eigenvalue weighted by molar-refractivity contribution is 5.92. The number of carbonyl (C=O) groups is 1. The van der Waals surface area contributed by atoms with Crippen LogP contribution in [0.5, 0.6) is 11.5 Å². The van der Waals surface area contributed by atoms with E-state index in [-0.39, 0.29) is 18.7 Å². The number of rotatable bonds is 7. The van der Waals surface area contributed by atoms with Gasteiger partial charge in [-0.1, -0.05) is 6.07 Å². The molecule has 0 unspecified atom stereocenters. The summed E-state index contributed by atoms with van der Waals surface area (Å²) >= 11 is 0. The first-order chi connectivity index (χ1) is 12.2. The van der Waals surface area contributed by atoms with Crippen LogP contribution in [0, 0.1) is 0 Å². The second-order valence-electron chi connectivity index (χ2n) is 6.42. The summed E-state index contributed by atoms with van der Waals surface area (Å²) in [6, 6.07) is 5.91. The molecule has 0 aromatic heterocycles. The minimum atomic E-state index is -0.0458. The normalized spacial score (nSPS) is 18.0. The maximum absolute atomic E-state index is 12.1. The van der Waals surface area contributed by atoms with E-state index in [1.807, 2.05) is 18.2 Å². The Bertz CT molecular complexity index is 609. The van der Waals surface area contributed by atoms with Gasteiger partial charge in [-0.25, -0.2) is 0 Å². The van der Waals surface area contributed by atoms with Gasteiger partial charge < -0.3 is 24.4 Å². The number of ether oxygens (including phenoxy) is 3. The van der Waals surface area contributed by atoms with Gasteiger partial charge in [0.25, 0.3) is 0 Å². The molecule has 0 aliphatic carbocycles. The van der Waals surface area contributed by atoms with Gasteiger partial charge in [-0.15, -0.1) is 0 Å². The highest BCUT2D eigenvalue weighted by Crippen LogP contribution is 2.32. The predicted molar refractivity (Wildman–Crippen MR) is 95.7 cm³/mol. The molecule has 1 saturated heterocycles. The van der Waals surface area contributed by atoms with Gasteiger partial charge in [0.15, 0.2) is 11.5 Å². The Balaban J connectivity index is 1.41. The summed E-state index contributed by atoms with van der Waals surface area (Å²) in [5.41, 5.74) is 0.923. The number of methoxy groups -OCH3 is 1. The number of amides is 1. The molecule has 3 rings (SSSR count). The zero-order valence-corrected chi connectivity index (χ0v) is 14.7. The van der Waals surface area contributed by atoms with Crippen LogP contribution in [0.3, 0.4) is 0 Å². The first kappa shape index (κ1) is 17.8. The maximum Gasteiger partial charge on any atom is 0.244 e. The molecule has 1 aromatic rings. The van der Waals surface area contributed by atoms with E-state index in [0.29, 0.717) is 0 Å². The molecule has 0 radical (unpaired) electrons. The zero-order chi connectivity index (χ0) is 17.5. The molecule has 136 valence electrons. The lowest BCUT2D eigenvalue weighted by Crippen LogP contribution is -2.44. The van der Waals surface area contributed by atoms with Crippen molar-refractivity contribution >= 4 is 12.0 Å². The lowest BCUT2D eigenvalue weighted by molar-refractivity contribution is -0.117. The molecule has 6 heteroatoms. The predicted octanol–water partition coefficient (Wildman–Crippen LogP) is 2.05. The molecule has 2 heterocycles. The van der Waals surface area contributed by atoms with Crippen molar-refractivity contribution < 1.29 is 19.0 Å². The van der Waals surface area contributed by atoms with E-state index in [2.05, 4.69) is 10.2 Å². The van der Waals surface area contributed by atoms with Crippen LogP contribution in [-0.2, 0) is 9.53 Å². The Kier molecular flexibility index (Phi) is 6.30. The number of piperidine rings is 1. The van der Waals surface area contributed by atoms with Gasteiger partial charge in [-0.3, -0.25) is 4.79 Å². The van der Waals surface area contributed by atoms with Crippen molar-refractivity contribution in [3.05, 3.63) is 29.8 Å². The van der Waals surface area contributed by atoms with Crippen molar-refractivity contribution in [3.63, 3.8) is 0 Å². The van der Waals surface area contributed by atoms with Gasteiger partial charge >= 0.3 is 0 Å². The summed E-state index contributed by atoms with van der Waals surface area (Å²) in [7, 11) is 1.73. The molecule has 2 aliphatic rings. The quantitative estimate of drug-likeness (QED) is 0.605. The van der Waals surface area contributed by atoms with E-state index >= 15 is 0 Å². The Morgan fingerprint density at radius 3 is 2.92 bits per heavy atom. The van der Waals surface area contributed by atoms with Gasteiger partial charge in [0, 0.05) is 45.5 Å². The summed E-state index contributed by atoms with van der Waals surface area (Å²) in [6.07, 6.45) is 6.44. The summed E-state index contributed by atoms with van der Waals surface area (Å²) < 4.78 is 15.7. The number of hydrogen-bond acceptors (Lipinski definition) is 5. The highest BCUT2D eigenvalue weighted by Gasteiger charge is 2.19. The molecule has 1 aromatic carbocycles. The lowest BCUT2D eigenvalue weighted by atomic mass is 10.0. The van der Waals surface area contributed by atoms with Crippen molar-refractivity contribution in [1.82, 2.24) is 10.2 Å². The third kappa shape index (κ3) is 5.21. The smallest absolute Gasteiger partial charge is 0.244 e. The molecule has 2 aliphatic heterocycles. The van der Waals surface area contributed by atoms with Crippen LogP contribution in [-0.4, -0.2) is 57.0 Å². The van der Waals surface area contributed by atoms with Crippen molar-refractivity contribution in [1.29, 1.82) is 0 Å². The zero-order valence-electron chi connectivity index (χ0n) is 14.7. The number of carbonyl (C=O) groups excluding carboxylic acids is 1. The molecular weight excluding hydrogens is 320 g/mol. The summed E-state index contributed by atoms with van der Waals surface area (Å²) in [6.45, 7) is 4.19. The second-order valence-corrected chi connectivity index (χ2v) is 6.42. The molecule has 1 amide bonds. The first-order valence-electron chi connectivity index (χ1n) is 8.84. The van der Waals surface area contributed by atoms with Crippen LogP contribution >= 0.6 is 0 Å². The van der Waals surface area contributed by atoms with E-state index in [4.69, 9.17) is 14.2 Å².